The summed E-state index contributed by atoms with van der Waals surface area (Å²) < 4.78 is 38.0. The summed E-state index contributed by atoms with van der Waals surface area (Å²) in [6, 6.07) is 8.00. The highest BCUT2D eigenvalue weighted by atomic mass is 32.2. The average Bonchev–Trinajstić information content (AvgIpc) is 3.28. The monoisotopic (exact) mass is 460 g/mol. The first-order valence-corrected chi connectivity index (χ1v) is 11.7. The lowest BCUT2D eigenvalue weighted by Crippen LogP contribution is -2.40. The fraction of sp³-hybridized carbons (Fsp3) is 0.250. The molecule has 0 aliphatic carbocycles. The van der Waals surface area contributed by atoms with E-state index in [1.54, 1.807) is 18.5 Å². The number of pyridine rings is 1. The number of amides is 1. The minimum absolute atomic E-state index is 0.0558. The van der Waals surface area contributed by atoms with E-state index in [-0.39, 0.29) is 29.3 Å². The summed E-state index contributed by atoms with van der Waals surface area (Å²) >= 11 is 1.27. The van der Waals surface area contributed by atoms with Crippen molar-refractivity contribution in [1.82, 2.24) is 14.3 Å². The zero-order valence-corrected chi connectivity index (χ0v) is 18.3. The molecular formula is C20H20N4O5S2. The van der Waals surface area contributed by atoms with Gasteiger partial charge in [0.2, 0.25) is 10.0 Å². The van der Waals surface area contributed by atoms with Crippen LogP contribution in [0.5, 0.6) is 5.75 Å². The summed E-state index contributed by atoms with van der Waals surface area (Å²) in [4.78, 5) is 21.2. The Morgan fingerprint density at radius 3 is 2.77 bits per heavy atom. The number of thiazole rings is 1. The molecule has 4 rings (SSSR count). The van der Waals surface area contributed by atoms with Crippen molar-refractivity contribution in [3.8, 4) is 17.0 Å². The summed E-state index contributed by atoms with van der Waals surface area (Å²) in [5.74, 6) is -0.288. The third-order valence-electron chi connectivity index (χ3n) is 4.70. The van der Waals surface area contributed by atoms with Crippen molar-refractivity contribution < 1.29 is 22.7 Å². The topological polar surface area (TPSA) is 111 Å². The van der Waals surface area contributed by atoms with E-state index >= 15 is 0 Å². The Kier molecular flexibility index (Phi) is 6.28. The maximum Gasteiger partial charge on any atom is 0.257 e. The van der Waals surface area contributed by atoms with Gasteiger partial charge in [-0.25, -0.2) is 13.4 Å². The van der Waals surface area contributed by atoms with Crippen molar-refractivity contribution >= 4 is 32.4 Å². The molecule has 1 amide bonds. The lowest BCUT2D eigenvalue weighted by molar-refractivity contribution is 0.0729. The van der Waals surface area contributed by atoms with Crippen molar-refractivity contribution in [3.05, 3.63) is 53.7 Å². The Balaban J connectivity index is 1.58. The molecule has 1 aliphatic rings. The van der Waals surface area contributed by atoms with Gasteiger partial charge in [-0.1, -0.05) is 0 Å². The average molecular weight is 461 g/mol. The molecule has 1 N–H and O–H groups in total. The van der Waals surface area contributed by atoms with Gasteiger partial charge in [-0.2, -0.15) is 4.31 Å². The number of carbonyl (C=O) groups excluding carboxylic acids is 1. The van der Waals surface area contributed by atoms with Crippen LogP contribution in [0, 0.1) is 0 Å². The maximum atomic E-state index is 13.1. The van der Waals surface area contributed by atoms with Crippen LogP contribution in [0.3, 0.4) is 0 Å². The highest BCUT2D eigenvalue weighted by Crippen LogP contribution is 2.29. The Morgan fingerprint density at radius 1 is 1.26 bits per heavy atom. The minimum Gasteiger partial charge on any atom is -0.495 e. The van der Waals surface area contributed by atoms with Crippen LogP contribution in [-0.4, -0.2) is 62.0 Å². The van der Waals surface area contributed by atoms with Gasteiger partial charge in [0.05, 0.1) is 26.0 Å². The van der Waals surface area contributed by atoms with Gasteiger partial charge in [0.25, 0.3) is 5.91 Å². The van der Waals surface area contributed by atoms with Crippen LogP contribution in [0.1, 0.15) is 10.4 Å². The molecule has 2 aromatic heterocycles. The predicted molar refractivity (Wildman–Crippen MR) is 116 cm³/mol. The lowest BCUT2D eigenvalue weighted by atomic mass is 10.2. The number of nitrogens with one attached hydrogen (secondary N) is 1. The Hall–Kier alpha value is -2.86. The Labute approximate surface area is 183 Å². The Bertz CT molecular complexity index is 1180. The van der Waals surface area contributed by atoms with Gasteiger partial charge in [0, 0.05) is 42.0 Å². The molecule has 3 aromatic rings. The molecule has 1 aromatic carbocycles. The van der Waals surface area contributed by atoms with Gasteiger partial charge >= 0.3 is 0 Å². The fourth-order valence-corrected chi connectivity index (χ4v) is 5.40. The van der Waals surface area contributed by atoms with Gasteiger partial charge in [-0.15, -0.1) is 11.3 Å². The zero-order valence-electron chi connectivity index (χ0n) is 16.6. The van der Waals surface area contributed by atoms with E-state index in [0.717, 1.165) is 5.56 Å². The first-order chi connectivity index (χ1) is 15.0. The summed E-state index contributed by atoms with van der Waals surface area (Å²) in [5, 5.41) is 4.94. The van der Waals surface area contributed by atoms with Gasteiger partial charge in [-0.3, -0.25) is 15.1 Å². The zero-order chi connectivity index (χ0) is 21.8. The summed E-state index contributed by atoms with van der Waals surface area (Å²) in [5.41, 5.74) is 1.71. The van der Waals surface area contributed by atoms with Crippen LogP contribution in [0.25, 0.3) is 11.3 Å². The van der Waals surface area contributed by atoms with Crippen LogP contribution in [-0.2, 0) is 14.8 Å². The first-order valence-electron chi connectivity index (χ1n) is 9.42. The molecule has 0 spiro atoms. The SMILES string of the molecule is COc1ccc(C(=O)Nc2nc(-c3cccnc3)cs2)cc1S(=O)(=O)N1CCOCC1. The smallest absolute Gasteiger partial charge is 0.257 e. The van der Waals surface area contributed by atoms with Gasteiger partial charge in [0.15, 0.2) is 5.13 Å². The van der Waals surface area contributed by atoms with Crippen molar-refractivity contribution in [2.24, 2.45) is 0 Å². The molecule has 1 saturated heterocycles. The fourth-order valence-electron chi connectivity index (χ4n) is 3.09. The maximum absolute atomic E-state index is 13.1. The third-order valence-corrected chi connectivity index (χ3v) is 7.37. The number of rotatable bonds is 6. The summed E-state index contributed by atoms with van der Waals surface area (Å²) in [6.07, 6.45) is 3.36. The number of hydrogen-bond donors (Lipinski definition) is 1. The number of benzene rings is 1. The molecule has 31 heavy (non-hydrogen) atoms. The van der Waals surface area contributed by atoms with E-state index in [2.05, 4.69) is 15.3 Å². The first kappa shape index (κ1) is 21.4. The molecule has 0 atom stereocenters. The second-order valence-corrected chi connectivity index (χ2v) is 9.38. The van der Waals surface area contributed by atoms with Crippen molar-refractivity contribution in [2.75, 3.05) is 38.7 Å². The normalized spacial score (nSPS) is 14.9. The van der Waals surface area contributed by atoms with Crippen LogP contribution >= 0.6 is 11.3 Å². The highest BCUT2D eigenvalue weighted by Gasteiger charge is 2.30. The number of carbonyl (C=O) groups is 1. The molecule has 3 heterocycles. The van der Waals surface area contributed by atoms with Crippen molar-refractivity contribution in [2.45, 2.75) is 4.90 Å². The number of hydrogen-bond acceptors (Lipinski definition) is 8. The second kappa shape index (κ2) is 9.10. The number of nitrogens with zero attached hydrogens (tertiary/aromatic N) is 3. The highest BCUT2D eigenvalue weighted by molar-refractivity contribution is 7.89. The van der Waals surface area contributed by atoms with Crippen LogP contribution in [0.4, 0.5) is 5.13 Å². The van der Waals surface area contributed by atoms with Gasteiger partial charge < -0.3 is 9.47 Å². The van der Waals surface area contributed by atoms with E-state index in [0.29, 0.717) is 24.0 Å². The lowest BCUT2D eigenvalue weighted by Gasteiger charge is -2.26. The van der Waals surface area contributed by atoms with E-state index in [1.807, 2.05) is 11.4 Å². The second-order valence-electron chi connectivity index (χ2n) is 6.62. The van der Waals surface area contributed by atoms with Crippen molar-refractivity contribution in [3.63, 3.8) is 0 Å². The number of aromatic nitrogens is 2. The predicted octanol–water partition coefficient (Wildman–Crippen LogP) is 2.49. The molecule has 0 bridgehead atoms. The standard InChI is InChI=1S/C20H20N4O5S2/c1-28-17-5-4-14(11-18(17)31(26,27)24-7-9-29-10-8-24)19(25)23-20-22-16(13-30-20)15-3-2-6-21-12-15/h2-6,11-13H,7-10H2,1H3,(H,22,23,25). The molecule has 11 heteroatoms. The number of anilines is 1. The van der Waals surface area contributed by atoms with Gasteiger partial charge in [-0.05, 0) is 30.3 Å². The third kappa shape index (κ3) is 4.59. The van der Waals surface area contributed by atoms with E-state index in [4.69, 9.17) is 9.47 Å². The largest absolute Gasteiger partial charge is 0.495 e. The number of methoxy groups -OCH3 is 1. The molecule has 162 valence electrons. The number of ether oxygens (including phenoxy) is 2. The van der Waals surface area contributed by atoms with Gasteiger partial charge in [0.1, 0.15) is 10.6 Å². The van der Waals surface area contributed by atoms with Crippen LogP contribution in [0.15, 0.2) is 53.0 Å². The van der Waals surface area contributed by atoms with Crippen molar-refractivity contribution in [1.29, 1.82) is 0 Å². The molecule has 1 aliphatic heterocycles. The molecule has 1 fully saturated rings. The Morgan fingerprint density at radius 2 is 2.06 bits per heavy atom. The van der Waals surface area contributed by atoms with E-state index in [1.165, 1.54) is 41.0 Å². The molecule has 0 radical (unpaired) electrons. The summed E-state index contributed by atoms with van der Waals surface area (Å²) in [7, 11) is -2.45. The molecule has 0 unspecified atom stereocenters. The molecule has 9 nitrogen and oxygen atoms in total. The van der Waals surface area contributed by atoms with Crippen LogP contribution in [0.2, 0.25) is 0 Å². The number of sulfonamides is 1. The van der Waals surface area contributed by atoms with Crippen LogP contribution < -0.4 is 10.1 Å². The summed E-state index contributed by atoms with van der Waals surface area (Å²) in [6.45, 7) is 1.15. The number of morpholine rings is 1. The quantitative estimate of drug-likeness (QED) is 0.602. The molecular weight excluding hydrogens is 440 g/mol. The molecule has 0 saturated carbocycles. The van der Waals surface area contributed by atoms with E-state index < -0.39 is 15.9 Å². The van der Waals surface area contributed by atoms with E-state index in [9.17, 15) is 13.2 Å². The minimum atomic E-state index is -3.84.